The van der Waals surface area contributed by atoms with Crippen LogP contribution in [0.25, 0.3) is 21.7 Å². The van der Waals surface area contributed by atoms with Crippen LogP contribution in [-0.4, -0.2) is 40.4 Å². The van der Waals surface area contributed by atoms with E-state index in [1.165, 1.54) is 6.42 Å². The summed E-state index contributed by atoms with van der Waals surface area (Å²) >= 11 is 8.33. The first-order chi connectivity index (χ1) is 16.9. The number of aromatic nitrogens is 2. The smallest absolute Gasteiger partial charge is 0.253 e. The lowest BCUT2D eigenvalue weighted by atomic mass is 10.0. The number of hydrogen-bond donors (Lipinski definition) is 1. The Morgan fingerprint density at radius 1 is 1.14 bits per heavy atom. The van der Waals surface area contributed by atoms with Crippen LogP contribution in [0.15, 0.2) is 35.7 Å². The lowest BCUT2D eigenvalue weighted by Crippen LogP contribution is -2.35. The van der Waals surface area contributed by atoms with Gasteiger partial charge >= 0.3 is 0 Å². The summed E-state index contributed by atoms with van der Waals surface area (Å²) in [5.41, 5.74) is 3.56. The number of halogens is 1. The van der Waals surface area contributed by atoms with Crippen molar-refractivity contribution in [1.82, 2.24) is 14.9 Å². The molecule has 1 aliphatic heterocycles. The average molecular weight is 511 g/mol. The van der Waals surface area contributed by atoms with E-state index in [-0.39, 0.29) is 5.91 Å². The number of nitrogens with zero attached hydrogens (tertiary/aromatic N) is 3. The number of anilines is 1. The molecule has 0 saturated carbocycles. The fourth-order valence-corrected chi connectivity index (χ4v) is 5.50. The van der Waals surface area contributed by atoms with E-state index in [1.807, 2.05) is 29.2 Å². The number of piperidine rings is 1. The predicted molar refractivity (Wildman–Crippen MR) is 147 cm³/mol. The SMILES string of the molecule is CCCCNc1cc(-c2cc(-c3ccc(C(=O)N4CCCCC4)cc3Cl)cs2)nc(CC(C)C)n1. The van der Waals surface area contributed by atoms with E-state index in [9.17, 15) is 4.79 Å². The third-order valence-corrected chi connectivity index (χ3v) is 7.49. The minimum Gasteiger partial charge on any atom is -0.370 e. The maximum atomic E-state index is 12.9. The highest BCUT2D eigenvalue weighted by Crippen LogP contribution is 2.36. The van der Waals surface area contributed by atoms with Crippen molar-refractivity contribution in [3.05, 3.63) is 52.1 Å². The van der Waals surface area contributed by atoms with E-state index in [2.05, 4.69) is 37.5 Å². The van der Waals surface area contributed by atoms with Gasteiger partial charge in [-0.1, -0.05) is 44.9 Å². The first-order valence-electron chi connectivity index (χ1n) is 12.7. The normalized spacial score (nSPS) is 13.9. The monoisotopic (exact) mass is 510 g/mol. The largest absolute Gasteiger partial charge is 0.370 e. The molecule has 0 unspecified atom stereocenters. The number of amides is 1. The van der Waals surface area contributed by atoms with Crippen molar-refractivity contribution in [2.75, 3.05) is 25.0 Å². The molecule has 186 valence electrons. The molecular weight excluding hydrogens is 476 g/mol. The lowest BCUT2D eigenvalue weighted by Gasteiger charge is -2.26. The molecule has 0 spiro atoms. The number of nitrogens with one attached hydrogen (secondary N) is 1. The summed E-state index contributed by atoms with van der Waals surface area (Å²) in [6.45, 7) is 9.13. The minimum absolute atomic E-state index is 0.0749. The van der Waals surface area contributed by atoms with Gasteiger partial charge in [-0.25, -0.2) is 9.97 Å². The zero-order valence-corrected chi connectivity index (χ0v) is 22.5. The van der Waals surface area contributed by atoms with Gasteiger partial charge in [0.2, 0.25) is 0 Å². The van der Waals surface area contributed by atoms with Gasteiger partial charge in [-0.3, -0.25) is 4.79 Å². The molecule has 1 N–H and O–H groups in total. The highest BCUT2D eigenvalue weighted by Gasteiger charge is 2.20. The first kappa shape index (κ1) is 25.6. The Hall–Kier alpha value is -2.44. The maximum absolute atomic E-state index is 12.9. The molecule has 0 bridgehead atoms. The van der Waals surface area contributed by atoms with Crippen molar-refractivity contribution in [3.63, 3.8) is 0 Å². The van der Waals surface area contributed by atoms with Gasteiger partial charge in [0.25, 0.3) is 5.91 Å². The Morgan fingerprint density at radius 3 is 2.66 bits per heavy atom. The lowest BCUT2D eigenvalue weighted by molar-refractivity contribution is 0.0724. The van der Waals surface area contributed by atoms with Crippen LogP contribution >= 0.6 is 22.9 Å². The number of rotatable bonds is 9. The van der Waals surface area contributed by atoms with Gasteiger partial charge < -0.3 is 10.2 Å². The number of likely N-dealkylation sites (tertiary alicyclic amines) is 1. The Labute approximate surface area is 218 Å². The van der Waals surface area contributed by atoms with Crippen LogP contribution in [0, 0.1) is 5.92 Å². The Morgan fingerprint density at radius 2 is 1.94 bits per heavy atom. The van der Waals surface area contributed by atoms with Crippen LogP contribution < -0.4 is 5.32 Å². The van der Waals surface area contributed by atoms with E-state index in [1.54, 1.807) is 11.3 Å². The van der Waals surface area contributed by atoms with Crippen molar-refractivity contribution in [2.45, 2.75) is 59.3 Å². The van der Waals surface area contributed by atoms with Crippen LogP contribution in [0.3, 0.4) is 0 Å². The molecule has 0 radical (unpaired) electrons. The van der Waals surface area contributed by atoms with Gasteiger partial charge in [0.15, 0.2) is 0 Å². The topological polar surface area (TPSA) is 58.1 Å². The molecule has 3 heterocycles. The molecule has 1 fully saturated rings. The van der Waals surface area contributed by atoms with Crippen LogP contribution in [-0.2, 0) is 6.42 Å². The third kappa shape index (κ3) is 6.62. The fraction of sp³-hybridized carbons (Fsp3) is 0.464. The molecular formula is C28H35ClN4OS. The molecule has 0 aliphatic carbocycles. The van der Waals surface area contributed by atoms with Gasteiger partial charge in [-0.05, 0) is 60.7 Å². The van der Waals surface area contributed by atoms with Crippen molar-refractivity contribution in [2.24, 2.45) is 5.92 Å². The molecule has 5 nitrogen and oxygen atoms in total. The van der Waals surface area contributed by atoms with Crippen LogP contribution in [0.5, 0.6) is 0 Å². The van der Waals surface area contributed by atoms with E-state index in [0.717, 1.165) is 85.1 Å². The molecule has 1 aliphatic rings. The second-order valence-corrected chi connectivity index (χ2v) is 11.0. The van der Waals surface area contributed by atoms with Gasteiger partial charge in [0, 0.05) is 48.3 Å². The van der Waals surface area contributed by atoms with Crippen molar-refractivity contribution < 1.29 is 4.79 Å². The molecule has 0 atom stereocenters. The van der Waals surface area contributed by atoms with Crippen molar-refractivity contribution in [1.29, 1.82) is 0 Å². The average Bonchev–Trinajstić information content (AvgIpc) is 3.34. The van der Waals surface area contributed by atoms with Crippen molar-refractivity contribution in [3.8, 4) is 21.7 Å². The minimum atomic E-state index is 0.0749. The zero-order valence-electron chi connectivity index (χ0n) is 20.9. The second kappa shape index (κ2) is 12.0. The zero-order chi connectivity index (χ0) is 24.8. The van der Waals surface area contributed by atoms with Crippen LogP contribution in [0.2, 0.25) is 5.02 Å². The molecule has 1 aromatic carbocycles. The van der Waals surface area contributed by atoms with Gasteiger partial charge in [-0.15, -0.1) is 11.3 Å². The standard InChI is InChI=1S/C28H35ClN4OS/c1-4-5-11-30-26-17-24(31-27(32-26)14-19(2)3)25-16-21(18-35-25)22-10-9-20(15-23(22)29)28(34)33-12-7-6-8-13-33/h9-10,15-19H,4-8,11-14H2,1-3H3,(H,30,31,32). The van der Waals surface area contributed by atoms with E-state index in [0.29, 0.717) is 16.5 Å². The number of unbranched alkanes of at least 4 members (excludes halogenated alkanes) is 1. The van der Waals surface area contributed by atoms with Gasteiger partial charge in [0.1, 0.15) is 11.6 Å². The second-order valence-electron chi connectivity index (χ2n) is 9.68. The molecule has 4 rings (SSSR count). The maximum Gasteiger partial charge on any atom is 0.253 e. The predicted octanol–water partition coefficient (Wildman–Crippen LogP) is 7.56. The number of benzene rings is 1. The summed E-state index contributed by atoms with van der Waals surface area (Å²) in [7, 11) is 0. The molecule has 1 amide bonds. The summed E-state index contributed by atoms with van der Waals surface area (Å²) in [4.78, 5) is 25.5. The van der Waals surface area contributed by atoms with Crippen LogP contribution in [0.1, 0.15) is 69.1 Å². The quantitative estimate of drug-likeness (QED) is 0.302. The third-order valence-electron chi connectivity index (χ3n) is 6.22. The van der Waals surface area contributed by atoms with Crippen LogP contribution in [0.4, 0.5) is 5.82 Å². The van der Waals surface area contributed by atoms with Gasteiger partial charge in [-0.2, -0.15) is 0 Å². The number of carbonyl (C=O) groups excluding carboxylic acids is 1. The first-order valence-corrected chi connectivity index (χ1v) is 14.0. The van der Waals surface area contributed by atoms with Crippen molar-refractivity contribution >= 4 is 34.7 Å². The number of hydrogen-bond acceptors (Lipinski definition) is 5. The number of thiophene rings is 1. The molecule has 35 heavy (non-hydrogen) atoms. The molecule has 1 saturated heterocycles. The summed E-state index contributed by atoms with van der Waals surface area (Å²) in [5, 5.41) is 6.16. The highest BCUT2D eigenvalue weighted by molar-refractivity contribution is 7.14. The highest BCUT2D eigenvalue weighted by atomic mass is 35.5. The molecule has 2 aromatic heterocycles. The number of carbonyl (C=O) groups is 1. The molecule has 7 heteroatoms. The fourth-order valence-electron chi connectivity index (χ4n) is 4.34. The van der Waals surface area contributed by atoms with E-state index < -0.39 is 0 Å². The summed E-state index contributed by atoms with van der Waals surface area (Å²) < 4.78 is 0. The Balaban J connectivity index is 1.57. The Kier molecular flexibility index (Phi) is 8.79. The summed E-state index contributed by atoms with van der Waals surface area (Å²) in [6, 6.07) is 9.85. The van der Waals surface area contributed by atoms with E-state index >= 15 is 0 Å². The Bertz CT molecular complexity index is 1150. The summed E-state index contributed by atoms with van der Waals surface area (Å²) in [6.07, 6.45) is 6.44. The van der Waals surface area contributed by atoms with E-state index in [4.69, 9.17) is 21.6 Å². The summed E-state index contributed by atoms with van der Waals surface area (Å²) in [5.74, 6) is 2.31. The van der Waals surface area contributed by atoms with Gasteiger partial charge in [0.05, 0.1) is 10.6 Å². The molecule has 3 aromatic rings.